The lowest BCUT2D eigenvalue weighted by Crippen LogP contribution is -2.60. The fourth-order valence-electron chi connectivity index (χ4n) is 14.1. The molecule has 1 aliphatic rings. The van der Waals surface area contributed by atoms with Gasteiger partial charge in [-0.05, 0) is 93.7 Å². The summed E-state index contributed by atoms with van der Waals surface area (Å²) in [6.07, 6.45) is -3.88. The maximum absolute atomic E-state index is 14.8. The Balaban J connectivity index is 1.40. The van der Waals surface area contributed by atoms with Gasteiger partial charge in [-0.1, -0.05) is 118 Å². The van der Waals surface area contributed by atoms with Crippen LogP contribution in [0, 0.1) is 35.5 Å². The highest BCUT2D eigenvalue weighted by Crippen LogP contribution is 2.30. The molecular weight excluding hydrogens is 1520 g/mol. The zero-order chi connectivity index (χ0) is 87.6. The van der Waals surface area contributed by atoms with E-state index in [4.69, 9.17) is 44.6 Å². The molecule has 2 heterocycles. The van der Waals surface area contributed by atoms with Crippen LogP contribution in [0.1, 0.15) is 152 Å². The van der Waals surface area contributed by atoms with E-state index in [0.29, 0.717) is 57.4 Å². The number of amides is 9. The number of carboxylic acid groups (broad SMARTS) is 1. The Kier molecular flexibility index (Phi) is 49.1. The molecule has 1 saturated heterocycles. The Labute approximate surface area is 689 Å². The number of likely N-dealkylation sites (N-methyl/N-ethyl adjacent to an activating group) is 2. The third-order valence-corrected chi connectivity index (χ3v) is 20.7. The van der Waals surface area contributed by atoms with E-state index >= 15 is 0 Å². The normalized spacial score (nSPS) is 17.3. The molecule has 117 heavy (non-hydrogen) atoms. The molecule has 1 aromatic heterocycles. The van der Waals surface area contributed by atoms with Gasteiger partial charge in [0, 0.05) is 47.2 Å². The summed E-state index contributed by atoms with van der Waals surface area (Å²) in [7, 11) is 6.08. The van der Waals surface area contributed by atoms with Crippen molar-refractivity contribution in [2.24, 2.45) is 47.0 Å². The molecule has 37 nitrogen and oxygen atoms in total. The molecule has 0 saturated carbocycles. The van der Waals surface area contributed by atoms with Gasteiger partial charge < -0.3 is 117 Å². The van der Waals surface area contributed by atoms with Gasteiger partial charge in [-0.25, -0.2) is 9.48 Å². The SMILES string of the molecule is CCC(C)C(C(CC(=O)N1CCCC1C(OC)C(C)C(=O)NC(Cc1ccccc1)C(=O)O)OC)N(C)C(=O)C(NC(=O)C(C(C)C)N(C)CC(O)C(O)C(O)C(O)COCc1cn(CCOCCOCCOCCOCCC(=O)NC(CC(C)C)C(=O)NC(CO)C(=O)NC(CCCCN)C(=O)NC(CC(C)C)C(N)=O)nn1)C(C)C. The number of rotatable bonds is 62. The molecule has 17 atom stereocenters. The van der Waals surface area contributed by atoms with Crippen LogP contribution < -0.4 is 43.4 Å². The number of primary amides is 1. The molecule has 1 aliphatic heterocycles. The topological polar surface area (TPSA) is 521 Å². The number of nitrogens with one attached hydrogen (secondary N) is 6. The van der Waals surface area contributed by atoms with Gasteiger partial charge in [0.2, 0.25) is 53.2 Å². The first-order valence-corrected chi connectivity index (χ1v) is 41.0. The minimum Gasteiger partial charge on any atom is -0.480 e. The minimum absolute atomic E-state index is 0.0170. The molecule has 16 N–H and O–H groups in total. The quantitative estimate of drug-likeness (QED) is 0.0359. The smallest absolute Gasteiger partial charge is 0.326 e. The number of unbranched alkanes of at least 4 members (excludes halogenated alkanes) is 1. The molecule has 0 radical (unpaired) electrons. The van der Waals surface area contributed by atoms with E-state index in [0.717, 1.165) is 5.56 Å². The van der Waals surface area contributed by atoms with Crippen LogP contribution in [-0.4, -0.2) is 324 Å². The van der Waals surface area contributed by atoms with Gasteiger partial charge >= 0.3 is 5.97 Å². The van der Waals surface area contributed by atoms with E-state index in [9.17, 15) is 78.6 Å². The van der Waals surface area contributed by atoms with Gasteiger partial charge in [0.05, 0.1) is 134 Å². The van der Waals surface area contributed by atoms with Gasteiger partial charge in [-0.2, -0.15) is 0 Å². The number of aliphatic hydroxyl groups is 5. The van der Waals surface area contributed by atoms with Crippen molar-refractivity contribution in [3.8, 4) is 0 Å². The number of carbonyl (C=O) groups excluding carboxylic acids is 9. The number of nitrogens with two attached hydrogens (primary N) is 2. The third kappa shape index (κ3) is 36.5. The summed E-state index contributed by atoms with van der Waals surface area (Å²) < 4.78 is 41.4. The number of methoxy groups -OCH3 is 2. The number of hydrogen-bond acceptors (Lipinski definition) is 26. The summed E-state index contributed by atoms with van der Waals surface area (Å²) in [5, 5.41) is 88.5. The predicted molar refractivity (Wildman–Crippen MR) is 431 cm³/mol. The first-order valence-electron chi connectivity index (χ1n) is 41.0. The highest BCUT2D eigenvalue weighted by molar-refractivity contribution is 5.96. The lowest BCUT2D eigenvalue weighted by molar-refractivity contribution is -0.148. The molecular formula is C80H140N14O23. The number of aromatic nitrogens is 3. The first kappa shape index (κ1) is 104. The Morgan fingerprint density at radius 2 is 1.21 bits per heavy atom. The van der Waals surface area contributed by atoms with Gasteiger partial charge in [-0.15, -0.1) is 5.10 Å². The highest BCUT2D eigenvalue weighted by Gasteiger charge is 2.45. The van der Waals surface area contributed by atoms with Gasteiger partial charge in [0.15, 0.2) is 0 Å². The Hall–Kier alpha value is -7.50. The Morgan fingerprint density at radius 3 is 1.77 bits per heavy atom. The van der Waals surface area contributed by atoms with E-state index in [2.05, 4.69) is 42.2 Å². The van der Waals surface area contributed by atoms with E-state index in [-0.39, 0.29) is 128 Å². The van der Waals surface area contributed by atoms with Crippen molar-refractivity contribution in [3.05, 3.63) is 47.8 Å². The maximum Gasteiger partial charge on any atom is 0.326 e. The number of carboxylic acids is 1. The molecule has 1 aromatic carbocycles. The highest BCUT2D eigenvalue weighted by atomic mass is 16.6. The number of carbonyl (C=O) groups is 10. The van der Waals surface area contributed by atoms with Crippen LogP contribution in [0.25, 0.3) is 0 Å². The molecule has 9 amide bonds. The van der Waals surface area contributed by atoms with Crippen LogP contribution in [-0.2, 0) is 101 Å². The van der Waals surface area contributed by atoms with Crippen LogP contribution in [0.15, 0.2) is 36.5 Å². The number of aliphatic hydroxyl groups excluding tert-OH is 5. The minimum atomic E-state index is -1.89. The van der Waals surface area contributed by atoms with Crippen molar-refractivity contribution in [1.29, 1.82) is 0 Å². The monoisotopic (exact) mass is 1670 g/mol. The fraction of sp³-hybridized carbons (Fsp3) is 0.775. The van der Waals surface area contributed by atoms with Crippen molar-refractivity contribution in [1.82, 2.24) is 61.6 Å². The summed E-state index contributed by atoms with van der Waals surface area (Å²) in [5.74, 6) is -8.38. The van der Waals surface area contributed by atoms with E-state index in [1.807, 2.05) is 47.6 Å². The van der Waals surface area contributed by atoms with Crippen molar-refractivity contribution < 1.29 is 112 Å². The van der Waals surface area contributed by atoms with E-state index in [1.165, 1.54) is 28.7 Å². The van der Waals surface area contributed by atoms with Crippen LogP contribution >= 0.6 is 0 Å². The molecule has 0 spiro atoms. The molecule has 2 aromatic rings. The summed E-state index contributed by atoms with van der Waals surface area (Å²) in [4.78, 5) is 140. The number of ether oxygens (including phenoxy) is 7. The average molecular weight is 1670 g/mol. The third-order valence-electron chi connectivity index (χ3n) is 20.7. The van der Waals surface area contributed by atoms with Crippen LogP contribution in [0.3, 0.4) is 0 Å². The van der Waals surface area contributed by atoms with Crippen molar-refractivity contribution in [2.45, 2.75) is 251 Å². The van der Waals surface area contributed by atoms with Gasteiger partial charge in [0.1, 0.15) is 60.3 Å². The molecule has 17 unspecified atom stereocenters. The molecule has 3 rings (SSSR count). The molecule has 37 heteroatoms. The molecule has 668 valence electrons. The van der Waals surface area contributed by atoms with Gasteiger partial charge in [-0.3, -0.25) is 48.1 Å². The number of nitrogens with zero attached hydrogens (tertiary/aromatic N) is 6. The Morgan fingerprint density at radius 1 is 0.650 bits per heavy atom. The number of hydrogen-bond donors (Lipinski definition) is 14. The maximum atomic E-state index is 14.8. The molecule has 0 bridgehead atoms. The average Bonchev–Trinajstić information content (AvgIpc) is 1.78. The summed E-state index contributed by atoms with van der Waals surface area (Å²) in [6.45, 7) is 21.1. The van der Waals surface area contributed by atoms with Crippen molar-refractivity contribution in [2.75, 3.05) is 114 Å². The summed E-state index contributed by atoms with van der Waals surface area (Å²) >= 11 is 0. The largest absolute Gasteiger partial charge is 0.480 e. The zero-order valence-electron chi connectivity index (χ0n) is 71.4. The predicted octanol–water partition coefficient (Wildman–Crippen LogP) is -0.838. The molecule has 0 aliphatic carbocycles. The van der Waals surface area contributed by atoms with Crippen molar-refractivity contribution >= 4 is 59.1 Å². The summed E-state index contributed by atoms with van der Waals surface area (Å²) in [5.41, 5.74) is 12.3. The van der Waals surface area contributed by atoms with Crippen LogP contribution in [0.4, 0.5) is 0 Å². The first-order chi connectivity index (χ1) is 55.5. The number of aliphatic carboxylic acids is 1. The molecule has 1 fully saturated rings. The summed E-state index contributed by atoms with van der Waals surface area (Å²) in [6, 6.07) is -0.115. The fourth-order valence-corrected chi connectivity index (χ4v) is 14.1. The van der Waals surface area contributed by atoms with Gasteiger partial charge in [0.25, 0.3) is 0 Å². The number of likely N-dealkylation sites (tertiary alicyclic amines) is 1. The zero-order valence-corrected chi connectivity index (χ0v) is 71.4. The Bertz CT molecular complexity index is 3270. The lowest BCUT2D eigenvalue weighted by Gasteiger charge is -2.41. The second-order valence-corrected chi connectivity index (χ2v) is 31.8. The number of benzene rings is 1. The van der Waals surface area contributed by atoms with Crippen LogP contribution in [0.2, 0.25) is 0 Å². The van der Waals surface area contributed by atoms with E-state index in [1.54, 1.807) is 84.1 Å². The second kappa shape index (κ2) is 55.4. The van der Waals surface area contributed by atoms with Crippen molar-refractivity contribution in [3.63, 3.8) is 0 Å². The lowest BCUT2D eigenvalue weighted by atomic mass is 9.89. The van der Waals surface area contributed by atoms with Crippen LogP contribution in [0.5, 0.6) is 0 Å². The van der Waals surface area contributed by atoms with E-state index < -0.39 is 175 Å². The second-order valence-electron chi connectivity index (χ2n) is 31.8. The standard InChI is InChI=1S/C80H140N14O23/c1-16-52(10)69(64(111-14)42-66(99)94-29-22-26-61(94)72(112-15)53(11)74(103)86-59(80(109)110)41-54-23-18-17-19-24-54)92(13)79(108)67(50(6)7)88-78(107)68(51(8)9)91(12)44-62(96)70(100)71(101)63(97)47-117-46-55-43-93(90-89-55)30-32-114-34-36-116-38-37-115-35-33-113-31-27-65(98)83-58(40-49(4)5)76(105)87-60(45-95)77(106)84-56(25-20-21-28-81)75(104)85-57(73(82)102)39-48(2)3/h17-19,23-24,43,48-53,56-64,67-72,95-97,100-101H,16,20-22,25-42,44-47,81H2,1-15H3,(H2,82,102)(H,83,98)(H,84,106)(H,85,104)(H,86,103)(H,87,105)(H,88,107)(H,109,110).